The van der Waals surface area contributed by atoms with Crippen molar-refractivity contribution in [2.75, 3.05) is 0 Å². The molecule has 3 N–H and O–H groups in total. The van der Waals surface area contributed by atoms with Crippen LogP contribution >= 0.6 is 0 Å². The van der Waals surface area contributed by atoms with Crippen LogP contribution in [0, 0.1) is 0 Å². The molecular formula is C25H43N3O3. The van der Waals surface area contributed by atoms with Crippen LogP contribution in [-0.2, 0) is 21.5 Å². The van der Waals surface area contributed by atoms with Crippen molar-refractivity contribution in [2.45, 2.75) is 111 Å². The minimum absolute atomic E-state index is 0.0183. The van der Waals surface area contributed by atoms with Crippen LogP contribution in [0.4, 0.5) is 4.79 Å². The van der Waals surface area contributed by atoms with Crippen molar-refractivity contribution in [2.24, 2.45) is 5.73 Å². The van der Waals surface area contributed by atoms with Crippen LogP contribution in [0.5, 0.6) is 0 Å². The number of amides is 2. The summed E-state index contributed by atoms with van der Waals surface area (Å²) in [6, 6.07) is 7.36. The maximum absolute atomic E-state index is 13.4. The second-order valence-electron chi connectivity index (χ2n) is 9.90. The largest absolute Gasteiger partial charge is 0.444 e. The molecule has 0 spiro atoms. The first kappa shape index (κ1) is 27.0. The van der Waals surface area contributed by atoms with Gasteiger partial charge in [-0.3, -0.25) is 4.79 Å². The molecule has 0 saturated carbocycles. The molecule has 1 unspecified atom stereocenters. The van der Waals surface area contributed by atoms with Crippen LogP contribution in [0.2, 0.25) is 0 Å². The topological polar surface area (TPSA) is 84.7 Å². The second kappa shape index (κ2) is 11.0. The molecule has 0 aromatic heterocycles. The van der Waals surface area contributed by atoms with Gasteiger partial charge in [0, 0.05) is 24.0 Å². The summed E-state index contributed by atoms with van der Waals surface area (Å²) in [4.78, 5) is 27.7. The highest BCUT2D eigenvalue weighted by atomic mass is 16.6. The van der Waals surface area contributed by atoms with Crippen LogP contribution in [0.1, 0.15) is 86.3 Å². The Morgan fingerprint density at radius 1 is 1.00 bits per heavy atom. The molecule has 6 heteroatoms. The van der Waals surface area contributed by atoms with E-state index >= 15 is 0 Å². The molecule has 0 saturated heterocycles. The summed E-state index contributed by atoms with van der Waals surface area (Å²) in [6.45, 7) is 17.5. The fraction of sp³-hybridized carbons (Fsp3) is 0.680. The number of alkyl carbamates (subject to hydrolysis) is 1. The van der Waals surface area contributed by atoms with Crippen molar-refractivity contribution in [1.82, 2.24) is 10.2 Å². The Bertz CT molecular complexity index is 709. The molecule has 176 valence electrons. The summed E-state index contributed by atoms with van der Waals surface area (Å²) in [6.07, 6.45) is 1.49. The molecule has 1 rings (SSSR count). The Hall–Kier alpha value is -2.08. The molecule has 0 aliphatic rings. The first-order chi connectivity index (χ1) is 14.2. The highest BCUT2D eigenvalue weighted by Gasteiger charge is 2.31. The summed E-state index contributed by atoms with van der Waals surface area (Å²) < 4.78 is 5.41. The smallest absolute Gasteiger partial charge is 0.408 e. The maximum Gasteiger partial charge on any atom is 0.408 e. The average molecular weight is 434 g/mol. The van der Waals surface area contributed by atoms with Crippen molar-refractivity contribution in [1.29, 1.82) is 0 Å². The van der Waals surface area contributed by atoms with E-state index in [1.54, 1.807) is 25.7 Å². The highest BCUT2D eigenvalue weighted by Crippen LogP contribution is 2.26. The van der Waals surface area contributed by atoms with Gasteiger partial charge in [0.2, 0.25) is 5.91 Å². The normalized spacial score (nSPS) is 13.3. The van der Waals surface area contributed by atoms with E-state index in [-0.39, 0.29) is 23.5 Å². The summed E-state index contributed by atoms with van der Waals surface area (Å²) in [5, 5.41) is 2.80. The quantitative estimate of drug-likeness (QED) is 0.589. The zero-order valence-electron chi connectivity index (χ0n) is 20.9. The fourth-order valence-electron chi connectivity index (χ4n) is 3.80. The van der Waals surface area contributed by atoms with E-state index in [1.165, 1.54) is 0 Å². The Labute approximate surface area is 188 Å². The average Bonchev–Trinajstić information content (AvgIpc) is 2.65. The molecule has 31 heavy (non-hydrogen) atoms. The molecule has 0 aliphatic carbocycles. The van der Waals surface area contributed by atoms with Gasteiger partial charge < -0.3 is 20.7 Å². The Morgan fingerprint density at radius 2 is 1.48 bits per heavy atom. The van der Waals surface area contributed by atoms with Crippen molar-refractivity contribution in [3.05, 3.63) is 35.4 Å². The van der Waals surface area contributed by atoms with Gasteiger partial charge in [0.15, 0.2) is 0 Å². The van der Waals surface area contributed by atoms with Gasteiger partial charge in [-0.15, -0.1) is 0 Å². The number of benzene rings is 1. The van der Waals surface area contributed by atoms with E-state index in [0.29, 0.717) is 6.42 Å². The van der Waals surface area contributed by atoms with Gasteiger partial charge >= 0.3 is 6.09 Å². The zero-order chi connectivity index (χ0) is 24.0. The standard InChI is InChI=1S/C25H43N3O3/c1-10-25(26,11-2)20-14-12-19(13-15-20)16-21(27-23(30)31-24(7,8)9)22(29)28(17(3)4)18(5)6/h12-15,17-18,21H,10-11,16,26H2,1-9H3,(H,27,30). The molecule has 0 radical (unpaired) electrons. The minimum Gasteiger partial charge on any atom is -0.444 e. The second-order valence-corrected chi connectivity index (χ2v) is 9.90. The lowest BCUT2D eigenvalue weighted by Crippen LogP contribution is -2.54. The third kappa shape index (κ3) is 7.84. The molecule has 0 heterocycles. The molecule has 1 aromatic carbocycles. The minimum atomic E-state index is -0.717. The lowest BCUT2D eigenvalue weighted by atomic mass is 9.85. The molecule has 0 bridgehead atoms. The summed E-state index contributed by atoms with van der Waals surface area (Å²) >= 11 is 0. The monoisotopic (exact) mass is 433 g/mol. The molecule has 0 aliphatic heterocycles. The van der Waals surface area contributed by atoms with E-state index in [4.69, 9.17) is 10.5 Å². The van der Waals surface area contributed by atoms with Crippen molar-refractivity contribution in [3.8, 4) is 0 Å². The Morgan fingerprint density at radius 3 is 1.87 bits per heavy atom. The van der Waals surface area contributed by atoms with Crippen LogP contribution < -0.4 is 11.1 Å². The number of carbonyl (C=O) groups is 2. The fourth-order valence-corrected chi connectivity index (χ4v) is 3.80. The SMILES string of the molecule is CCC(N)(CC)c1ccc(CC(NC(=O)OC(C)(C)C)C(=O)N(C(C)C)C(C)C)cc1. The predicted octanol–water partition coefficient (Wildman–Crippen LogP) is 4.74. The van der Waals surface area contributed by atoms with E-state index < -0.39 is 17.7 Å². The molecule has 0 fully saturated rings. The maximum atomic E-state index is 13.4. The molecule has 6 nitrogen and oxygen atoms in total. The third-order valence-electron chi connectivity index (χ3n) is 5.59. The predicted molar refractivity (Wildman–Crippen MR) is 127 cm³/mol. The number of hydrogen-bond acceptors (Lipinski definition) is 4. The number of nitrogens with two attached hydrogens (primary N) is 1. The van der Waals surface area contributed by atoms with Gasteiger partial charge in [0.1, 0.15) is 11.6 Å². The lowest BCUT2D eigenvalue weighted by Gasteiger charge is -2.34. The Kier molecular flexibility index (Phi) is 9.55. The Balaban J connectivity index is 3.16. The van der Waals surface area contributed by atoms with E-state index in [0.717, 1.165) is 24.0 Å². The summed E-state index contributed by atoms with van der Waals surface area (Å²) in [5.74, 6) is -0.116. The van der Waals surface area contributed by atoms with Gasteiger partial charge in [-0.2, -0.15) is 0 Å². The van der Waals surface area contributed by atoms with Gasteiger partial charge in [-0.05, 0) is 72.4 Å². The summed E-state index contributed by atoms with van der Waals surface area (Å²) in [7, 11) is 0. The summed E-state index contributed by atoms with van der Waals surface area (Å²) in [5.41, 5.74) is 7.56. The number of nitrogens with one attached hydrogen (secondary N) is 1. The van der Waals surface area contributed by atoms with E-state index in [2.05, 4.69) is 19.2 Å². The molecular weight excluding hydrogens is 390 g/mol. The number of carbonyl (C=O) groups excluding carboxylic acids is 2. The zero-order valence-corrected chi connectivity index (χ0v) is 20.9. The first-order valence-corrected chi connectivity index (χ1v) is 11.4. The van der Waals surface area contributed by atoms with Crippen LogP contribution in [-0.4, -0.2) is 40.6 Å². The van der Waals surface area contributed by atoms with E-state index in [9.17, 15) is 9.59 Å². The van der Waals surface area contributed by atoms with Crippen LogP contribution in [0.15, 0.2) is 24.3 Å². The van der Waals surface area contributed by atoms with Gasteiger partial charge in [0.05, 0.1) is 0 Å². The van der Waals surface area contributed by atoms with E-state index in [1.807, 2.05) is 52.0 Å². The van der Waals surface area contributed by atoms with Crippen LogP contribution in [0.3, 0.4) is 0 Å². The van der Waals surface area contributed by atoms with Gasteiger partial charge in [-0.1, -0.05) is 38.1 Å². The van der Waals surface area contributed by atoms with Crippen molar-refractivity contribution < 1.29 is 14.3 Å². The number of hydrogen-bond donors (Lipinski definition) is 2. The third-order valence-corrected chi connectivity index (χ3v) is 5.59. The van der Waals surface area contributed by atoms with Crippen LogP contribution in [0.25, 0.3) is 0 Å². The van der Waals surface area contributed by atoms with Crippen molar-refractivity contribution in [3.63, 3.8) is 0 Å². The van der Waals surface area contributed by atoms with Crippen molar-refractivity contribution >= 4 is 12.0 Å². The lowest BCUT2D eigenvalue weighted by molar-refractivity contribution is -0.137. The first-order valence-electron chi connectivity index (χ1n) is 11.4. The molecule has 2 amide bonds. The molecule has 1 aromatic rings. The molecule has 1 atom stereocenters. The number of rotatable bonds is 9. The van der Waals surface area contributed by atoms with Gasteiger partial charge in [-0.25, -0.2) is 4.79 Å². The number of nitrogens with zero attached hydrogens (tertiary/aromatic N) is 1. The number of ether oxygens (including phenoxy) is 1. The highest BCUT2D eigenvalue weighted by molar-refractivity contribution is 5.86. The van der Waals surface area contributed by atoms with Gasteiger partial charge in [0.25, 0.3) is 0 Å².